The average molecular weight is 487 g/mol. The van der Waals surface area contributed by atoms with E-state index < -0.39 is 5.63 Å². The Kier molecular flexibility index (Phi) is 9.87. The summed E-state index contributed by atoms with van der Waals surface area (Å²) < 4.78 is 10.7. The van der Waals surface area contributed by atoms with Gasteiger partial charge in [0.1, 0.15) is 17.9 Å². The van der Waals surface area contributed by atoms with Gasteiger partial charge in [0.05, 0.1) is 16.5 Å². The maximum Gasteiger partial charge on any atom is 0.343 e. The van der Waals surface area contributed by atoms with Crippen LogP contribution in [0, 0.1) is 0 Å². The summed E-state index contributed by atoms with van der Waals surface area (Å²) in [6, 6.07) is 16.0. The number of carbonyl (C=O) groups excluding carboxylic acids is 1. The van der Waals surface area contributed by atoms with Crippen LogP contribution in [-0.4, -0.2) is 17.7 Å². The molecule has 188 valence electrons. The van der Waals surface area contributed by atoms with Gasteiger partial charge in [-0.15, -0.1) is 0 Å². The van der Waals surface area contributed by atoms with Gasteiger partial charge in [-0.2, -0.15) is 0 Å². The molecular formula is C31H34O5. The predicted octanol–water partition coefficient (Wildman–Crippen LogP) is 7.30. The van der Waals surface area contributed by atoms with E-state index in [0.29, 0.717) is 29.6 Å². The molecule has 2 aromatic carbocycles. The summed E-state index contributed by atoms with van der Waals surface area (Å²) >= 11 is 0. The molecule has 1 heterocycles. The molecule has 0 atom stereocenters. The highest BCUT2D eigenvalue weighted by Crippen LogP contribution is 2.26. The molecule has 0 fully saturated rings. The van der Waals surface area contributed by atoms with Gasteiger partial charge in [0.25, 0.3) is 0 Å². The lowest BCUT2D eigenvalue weighted by Crippen LogP contribution is -2.07. The van der Waals surface area contributed by atoms with Gasteiger partial charge in [-0.3, -0.25) is 0 Å². The fourth-order valence-electron chi connectivity index (χ4n) is 3.82. The maximum absolute atomic E-state index is 12.3. The van der Waals surface area contributed by atoms with Crippen LogP contribution >= 0.6 is 0 Å². The first-order valence-electron chi connectivity index (χ1n) is 12.3. The number of ether oxygens (including phenoxy) is 1. The number of hydrogen-bond donors (Lipinski definition) is 1. The third-order valence-corrected chi connectivity index (χ3v) is 6.04. The molecule has 0 saturated heterocycles. The minimum atomic E-state index is -0.496. The van der Waals surface area contributed by atoms with Crippen molar-refractivity contribution >= 4 is 16.9 Å². The van der Waals surface area contributed by atoms with E-state index in [2.05, 4.69) is 19.1 Å². The minimum absolute atomic E-state index is 0.000166. The zero-order valence-corrected chi connectivity index (χ0v) is 21.3. The summed E-state index contributed by atoms with van der Waals surface area (Å²) in [5, 5.41) is 11.0. The summed E-state index contributed by atoms with van der Waals surface area (Å²) in [5.41, 5.74) is 4.24. The third-order valence-electron chi connectivity index (χ3n) is 6.04. The second-order valence-electron chi connectivity index (χ2n) is 9.09. The second-order valence-corrected chi connectivity index (χ2v) is 9.09. The lowest BCUT2D eigenvalue weighted by atomic mass is 10.0. The molecule has 1 N–H and O–H groups in total. The molecule has 3 rings (SSSR count). The average Bonchev–Trinajstić information content (AvgIpc) is 2.87. The first-order chi connectivity index (χ1) is 17.3. The van der Waals surface area contributed by atoms with Crippen LogP contribution in [0.15, 0.2) is 98.8 Å². The largest absolute Gasteiger partial charge is 0.507 e. The number of aromatic hydroxyl groups is 1. The van der Waals surface area contributed by atoms with E-state index in [9.17, 15) is 14.7 Å². The zero-order valence-electron chi connectivity index (χ0n) is 21.3. The fourth-order valence-corrected chi connectivity index (χ4v) is 3.82. The number of rotatable bonds is 11. The smallest absolute Gasteiger partial charge is 0.343 e. The third kappa shape index (κ3) is 7.84. The summed E-state index contributed by atoms with van der Waals surface area (Å²) in [6.07, 6.45) is 10.3. The van der Waals surface area contributed by atoms with Crippen molar-refractivity contribution in [3.05, 3.63) is 111 Å². The molecule has 36 heavy (non-hydrogen) atoms. The van der Waals surface area contributed by atoms with Gasteiger partial charge in [-0.25, -0.2) is 9.59 Å². The molecule has 5 heteroatoms. The zero-order chi connectivity index (χ0) is 25.9. The van der Waals surface area contributed by atoms with Gasteiger partial charge in [-0.1, -0.05) is 59.7 Å². The highest BCUT2D eigenvalue weighted by Gasteiger charge is 2.12. The Balaban J connectivity index is 1.42. The van der Waals surface area contributed by atoms with E-state index in [1.165, 1.54) is 5.57 Å². The maximum atomic E-state index is 12.3. The Bertz CT molecular complexity index is 1330. The summed E-state index contributed by atoms with van der Waals surface area (Å²) in [7, 11) is 0. The van der Waals surface area contributed by atoms with Crippen LogP contribution in [-0.2, 0) is 11.2 Å². The van der Waals surface area contributed by atoms with Crippen LogP contribution in [0.25, 0.3) is 11.0 Å². The fraction of sp³-hybridized carbons (Fsp3) is 0.290. The van der Waals surface area contributed by atoms with Crippen LogP contribution in [0.5, 0.6) is 5.75 Å². The van der Waals surface area contributed by atoms with Crippen molar-refractivity contribution in [1.29, 1.82) is 0 Å². The Morgan fingerprint density at radius 2 is 1.47 bits per heavy atom. The van der Waals surface area contributed by atoms with Gasteiger partial charge >= 0.3 is 11.6 Å². The van der Waals surface area contributed by atoms with Gasteiger partial charge in [-0.05, 0) is 76.3 Å². The van der Waals surface area contributed by atoms with Crippen molar-refractivity contribution in [2.75, 3.05) is 6.61 Å². The molecule has 1 aromatic heterocycles. The van der Waals surface area contributed by atoms with Crippen LogP contribution < -0.4 is 5.63 Å². The van der Waals surface area contributed by atoms with Gasteiger partial charge < -0.3 is 14.3 Å². The number of esters is 1. The van der Waals surface area contributed by atoms with E-state index in [1.807, 2.05) is 38.1 Å². The highest BCUT2D eigenvalue weighted by atomic mass is 16.5. The topological polar surface area (TPSA) is 76.7 Å². The van der Waals surface area contributed by atoms with Gasteiger partial charge in [0.15, 0.2) is 0 Å². The minimum Gasteiger partial charge on any atom is -0.507 e. The standard InChI is InChI=1S/C31H34O5/c1-22(12-10-14-24(3)21-35-30(33)25-15-5-4-6-16-25)11-9-13-23(2)19-20-27-29(32)26-17-7-8-18-28(26)36-31(27)34/h4-8,11,14-19,32H,9-10,12-13,20-21H2,1-3H3. The molecule has 0 aliphatic rings. The number of allylic oxidation sites excluding steroid dienone is 5. The summed E-state index contributed by atoms with van der Waals surface area (Å²) in [6.45, 7) is 6.42. The molecule has 0 unspecified atom stereocenters. The summed E-state index contributed by atoms with van der Waals surface area (Å²) in [4.78, 5) is 24.3. The number of carbonyl (C=O) groups is 1. The second kappa shape index (κ2) is 13.3. The Labute approximate surface area is 212 Å². The first-order valence-corrected chi connectivity index (χ1v) is 12.3. The number of benzene rings is 2. The van der Waals surface area contributed by atoms with Crippen molar-refractivity contribution in [1.82, 2.24) is 0 Å². The molecule has 0 spiro atoms. The van der Waals surface area contributed by atoms with E-state index in [0.717, 1.165) is 36.8 Å². The Hall–Kier alpha value is -3.86. The van der Waals surface area contributed by atoms with E-state index >= 15 is 0 Å². The molecule has 0 aliphatic heterocycles. The van der Waals surface area contributed by atoms with Crippen LogP contribution in [0.4, 0.5) is 0 Å². The summed E-state index contributed by atoms with van der Waals surface area (Å²) in [5.74, 6) is -0.306. The first kappa shape index (κ1) is 26.7. The molecule has 0 aliphatic carbocycles. The van der Waals surface area contributed by atoms with Crippen molar-refractivity contribution < 1.29 is 19.1 Å². The molecule has 0 bridgehead atoms. The lowest BCUT2D eigenvalue weighted by Gasteiger charge is -2.06. The quantitative estimate of drug-likeness (QED) is 0.175. The van der Waals surface area contributed by atoms with E-state index in [1.54, 1.807) is 36.4 Å². The number of para-hydroxylation sites is 1. The van der Waals surface area contributed by atoms with E-state index in [-0.39, 0.29) is 17.3 Å². The Morgan fingerprint density at radius 1 is 0.861 bits per heavy atom. The molecule has 5 nitrogen and oxygen atoms in total. The molecule has 0 saturated carbocycles. The molecular weight excluding hydrogens is 452 g/mol. The normalized spacial score (nSPS) is 12.7. The van der Waals surface area contributed by atoms with Crippen LogP contribution in [0.2, 0.25) is 0 Å². The predicted molar refractivity (Wildman–Crippen MR) is 144 cm³/mol. The van der Waals surface area contributed by atoms with Crippen LogP contribution in [0.1, 0.15) is 62.4 Å². The number of hydrogen-bond acceptors (Lipinski definition) is 5. The SMILES string of the molecule is CC(=CCCC(C)=CCc1c(O)c2ccccc2oc1=O)CCC=C(C)COC(=O)c1ccccc1. The van der Waals surface area contributed by atoms with Crippen molar-refractivity contribution in [3.63, 3.8) is 0 Å². The van der Waals surface area contributed by atoms with Crippen molar-refractivity contribution in [3.8, 4) is 5.75 Å². The van der Waals surface area contributed by atoms with Gasteiger partial charge in [0, 0.05) is 6.42 Å². The van der Waals surface area contributed by atoms with Crippen molar-refractivity contribution in [2.45, 2.75) is 52.9 Å². The van der Waals surface area contributed by atoms with Crippen LogP contribution in [0.3, 0.4) is 0 Å². The molecule has 0 amide bonds. The lowest BCUT2D eigenvalue weighted by molar-refractivity contribution is 0.0540. The Morgan fingerprint density at radius 3 is 2.19 bits per heavy atom. The van der Waals surface area contributed by atoms with Gasteiger partial charge in [0.2, 0.25) is 0 Å². The molecule has 3 aromatic rings. The number of fused-ring (bicyclic) bond motifs is 1. The highest BCUT2D eigenvalue weighted by molar-refractivity contribution is 5.89. The molecule has 0 radical (unpaired) electrons. The van der Waals surface area contributed by atoms with Crippen molar-refractivity contribution in [2.24, 2.45) is 0 Å². The van der Waals surface area contributed by atoms with E-state index in [4.69, 9.17) is 9.15 Å². The monoisotopic (exact) mass is 486 g/mol.